The molecular weight excluding hydrogens is 1050 g/mol. The van der Waals surface area contributed by atoms with Crippen LogP contribution in [0.25, 0.3) is 0 Å². The minimum Gasteiger partial charge on any atom is -0.545 e. The van der Waals surface area contributed by atoms with Gasteiger partial charge in [-0.1, -0.05) is 311 Å². The molecule has 0 aromatic heterocycles. The summed E-state index contributed by atoms with van der Waals surface area (Å²) in [6.45, 7) is 4.65. The number of hydrogen-bond acceptors (Lipinski definition) is 8. The summed E-state index contributed by atoms with van der Waals surface area (Å²) in [5, 5.41) is 11.8. The zero-order valence-electron chi connectivity index (χ0n) is 56.5. The SMILES string of the molecule is CC/C=C\C/C=C\C/C=C\C/C=C\CCCCCCCCCCC(=O)OC(COC(=O)CCCCCCCCCCCCCCCCCCCCCCCCCCCCC/C=C\C/C=C\CCCCCCC)COC(OCC[N+](C)(C)C)C(=O)[O-]. The number of unbranched alkanes of at least 4 members (excludes halogenated alkanes) is 40. The van der Waals surface area contributed by atoms with E-state index in [0.29, 0.717) is 23.9 Å². The molecule has 0 rings (SSSR count). The predicted molar refractivity (Wildman–Crippen MR) is 361 cm³/mol. The molecule has 0 saturated carbocycles. The van der Waals surface area contributed by atoms with E-state index >= 15 is 0 Å². The van der Waals surface area contributed by atoms with Crippen LogP contribution < -0.4 is 5.11 Å². The highest BCUT2D eigenvalue weighted by Gasteiger charge is 2.22. The lowest BCUT2D eigenvalue weighted by atomic mass is 10.0. The van der Waals surface area contributed by atoms with Crippen LogP contribution in [-0.4, -0.2) is 82.3 Å². The highest BCUT2D eigenvalue weighted by molar-refractivity contribution is 5.70. The van der Waals surface area contributed by atoms with Gasteiger partial charge in [0, 0.05) is 12.8 Å². The Kier molecular flexibility index (Phi) is 64.1. The molecule has 494 valence electrons. The van der Waals surface area contributed by atoms with E-state index in [1.54, 1.807) is 0 Å². The van der Waals surface area contributed by atoms with Crippen LogP contribution >= 0.6 is 0 Å². The first kappa shape index (κ1) is 81.7. The molecule has 0 aliphatic rings. The lowest BCUT2D eigenvalue weighted by molar-refractivity contribution is -0.870. The number of aliphatic carboxylic acids is 1. The fourth-order valence-corrected chi connectivity index (χ4v) is 10.4. The van der Waals surface area contributed by atoms with Gasteiger partial charge in [-0.2, -0.15) is 0 Å². The van der Waals surface area contributed by atoms with E-state index in [9.17, 15) is 19.5 Å². The molecule has 2 unspecified atom stereocenters. The van der Waals surface area contributed by atoms with E-state index in [1.165, 1.54) is 225 Å². The molecule has 85 heavy (non-hydrogen) atoms. The van der Waals surface area contributed by atoms with Gasteiger partial charge >= 0.3 is 11.9 Å². The second kappa shape index (κ2) is 66.7. The number of allylic oxidation sites excluding steroid dienone is 12. The quantitative estimate of drug-likeness (QED) is 0.0195. The number of ether oxygens (including phenoxy) is 4. The molecule has 0 radical (unpaired) electrons. The number of hydrogen-bond donors (Lipinski definition) is 0. The van der Waals surface area contributed by atoms with E-state index in [0.717, 1.165) is 77.0 Å². The topological polar surface area (TPSA) is 111 Å². The van der Waals surface area contributed by atoms with Gasteiger partial charge in [0.1, 0.15) is 13.2 Å². The van der Waals surface area contributed by atoms with Crippen LogP contribution in [0.3, 0.4) is 0 Å². The molecule has 0 bridgehead atoms. The zero-order chi connectivity index (χ0) is 61.9. The monoisotopic (exact) mass is 1190 g/mol. The molecule has 0 aliphatic heterocycles. The van der Waals surface area contributed by atoms with Gasteiger partial charge in [-0.25, -0.2) is 0 Å². The smallest absolute Gasteiger partial charge is 0.306 e. The number of esters is 2. The van der Waals surface area contributed by atoms with E-state index in [1.807, 2.05) is 21.1 Å². The summed E-state index contributed by atoms with van der Waals surface area (Å²) in [5.41, 5.74) is 0. The first-order valence-corrected chi connectivity index (χ1v) is 36.1. The number of nitrogens with zero attached hydrogens (tertiary/aromatic N) is 1. The summed E-state index contributed by atoms with van der Waals surface area (Å²) in [4.78, 5) is 37.5. The number of likely N-dealkylation sites (N-methyl/N-ethyl adjacent to an activating group) is 1. The van der Waals surface area contributed by atoms with Crippen molar-refractivity contribution in [2.75, 3.05) is 47.5 Å². The predicted octanol–water partition coefficient (Wildman–Crippen LogP) is 21.1. The number of carbonyl (C=O) groups is 3. The van der Waals surface area contributed by atoms with Crippen LogP contribution in [0, 0.1) is 0 Å². The maximum absolute atomic E-state index is 12.9. The first-order chi connectivity index (χ1) is 41.6. The number of quaternary nitrogens is 1. The second-order valence-corrected chi connectivity index (χ2v) is 25.5. The fraction of sp³-hybridized carbons (Fsp3) is 0.803. The molecule has 0 N–H and O–H groups in total. The fourth-order valence-electron chi connectivity index (χ4n) is 10.4. The molecule has 0 fully saturated rings. The van der Waals surface area contributed by atoms with Crippen molar-refractivity contribution < 1.29 is 42.9 Å². The van der Waals surface area contributed by atoms with Crippen molar-refractivity contribution in [3.05, 3.63) is 72.9 Å². The van der Waals surface area contributed by atoms with E-state index in [4.69, 9.17) is 18.9 Å². The molecule has 0 saturated heterocycles. The highest BCUT2D eigenvalue weighted by atomic mass is 16.7. The highest BCUT2D eigenvalue weighted by Crippen LogP contribution is 2.18. The summed E-state index contributed by atoms with van der Waals surface area (Å²) >= 11 is 0. The van der Waals surface area contributed by atoms with Crippen molar-refractivity contribution >= 4 is 17.9 Å². The Labute approximate surface area is 526 Å². The average Bonchev–Trinajstić information content (AvgIpc) is 3.48. The molecule has 9 heteroatoms. The first-order valence-electron chi connectivity index (χ1n) is 36.1. The zero-order valence-corrected chi connectivity index (χ0v) is 56.5. The molecule has 0 amide bonds. The normalized spacial score (nSPS) is 13.1. The van der Waals surface area contributed by atoms with Crippen molar-refractivity contribution in [1.82, 2.24) is 0 Å². The van der Waals surface area contributed by atoms with Gasteiger partial charge in [0.15, 0.2) is 12.4 Å². The molecule has 0 heterocycles. The van der Waals surface area contributed by atoms with Gasteiger partial charge in [0.2, 0.25) is 0 Å². The third-order valence-corrected chi connectivity index (χ3v) is 15.9. The summed E-state index contributed by atoms with van der Waals surface area (Å²) in [7, 11) is 5.93. The molecule has 0 spiro atoms. The summed E-state index contributed by atoms with van der Waals surface area (Å²) in [6, 6.07) is 0. The molecule has 2 atom stereocenters. The van der Waals surface area contributed by atoms with Crippen LogP contribution in [0.5, 0.6) is 0 Å². The minimum absolute atomic E-state index is 0.145. The third-order valence-electron chi connectivity index (χ3n) is 15.9. The van der Waals surface area contributed by atoms with Crippen LogP contribution in [0.15, 0.2) is 72.9 Å². The lowest BCUT2D eigenvalue weighted by Gasteiger charge is -2.26. The number of rotatable bonds is 67. The van der Waals surface area contributed by atoms with Crippen molar-refractivity contribution in [3.63, 3.8) is 0 Å². The minimum atomic E-state index is -1.63. The lowest BCUT2D eigenvalue weighted by Crippen LogP contribution is -2.44. The molecular formula is C76H137NO8. The van der Waals surface area contributed by atoms with E-state index in [-0.39, 0.29) is 32.2 Å². The van der Waals surface area contributed by atoms with Crippen LogP contribution in [-0.2, 0) is 33.3 Å². The Balaban J connectivity index is 3.97. The van der Waals surface area contributed by atoms with Crippen molar-refractivity contribution in [2.45, 2.75) is 347 Å². The van der Waals surface area contributed by atoms with E-state index < -0.39 is 24.3 Å². The van der Waals surface area contributed by atoms with Gasteiger partial charge < -0.3 is 33.3 Å². The standard InChI is InChI=1S/C76H137NO8/c1-6-8-10-12-14-16-18-20-22-24-26-28-29-30-31-32-33-34-35-36-37-38-39-40-41-42-43-44-45-47-48-50-52-54-56-58-60-62-64-66-73(78)83-70-72(71-84-76(75(80)81)82-69-68-77(3,4)5)85-74(79)67-65-63-61-59-57-55-53-51-49-46-27-25-23-21-19-17-15-13-11-9-7-2/h9,11,15,17-18,20-21,23-24,26-27,46,72,76H,6-8,10,12-14,16,19,22,25,28-45,47-71H2,1-5H3/b11-9-,17-15-,20-18-,23-21-,26-24-,46-27-. The molecule has 0 aliphatic carbocycles. The van der Waals surface area contributed by atoms with Gasteiger partial charge in [0.05, 0.1) is 40.3 Å². The summed E-state index contributed by atoms with van der Waals surface area (Å²) < 4.78 is 22.8. The summed E-state index contributed by atoms with van der Waals surface area (Å²) in [6.07, 6.45) is 85.8. The van der Waals surface area contributed by atoms with Crippen molar-refractivity contribution in [2.24, 2.45) is 0 Å². The van der Waals surface area contributed by atoms with Crippen LogP contribution in [0.1, 0.15) is 335 Å². The number of carbonyl (C=O) groups excluding carboxylic acids is 3. The van der Waals surface area contributed by atoms with Crippen LogP contribution in [0.2, 0.25) is 0 Å². The second-order valence-electron chi connectivity index (χ2n) is 25.5. The largest absolute Gasteiger partial charge is 0.545 e. The maximum atomic E-state index is 12.9. The van der Waals surface area contributed by atoms with Gasteiger partial charge in [0.25, 0.3) is 0 Å². The Morgan fingerprint density at radius 1 is 0.365 bits per heavy atom. The van der Waals surface area contributed by atoms with Crippen molar-refractivity contribution in [3.8, 4) is 0 Å². The Hall–Kier alpha value is -3.27. The molecule has 0 aromatic carbocycles. The summed E-state index contributed by atoms with van der Waals surface area (Å²) in [5.74, 6) is -2.28. The van der Waals surface area contributed by atoms with Gasteiger partial charge in [-0.15, -0.1) is 0 Å². The Morgan fingerprint density at radius 2 is 0.671 bits per heavy atom. The van der Waals surface area contributed by atoms with Gasteiger partial charge in [-0.3, -0.25) is 9.59 Å². The number of carboxylic acid groups (broad SMARTS) is 1. The van der Waals surface area contributed by atoms with Crippen LogP contribution in [0.4, 0.5) is 0 Å². The molecule has 9 nitrogen and oxygen atoms in total. The van der Waals surface area contributed by atoms with Crippen molar-refractivity contribution in [1.29, 1.82) is 0 Å². The Bertz CT molecular complexity index is 1620. The maximum Gasteiger partial charge on any atom is 0.306 e. The molecule has 0 aromatic rings. The Morgan fingerprint density at radius 3 is 1.00 bits per heavy atom. The third kappa shape index (κ3) is 68.1. The number of carboxylic acids is 1. The van der Waals surface area contributed by atoms with E-state index in [2.05, 4.69) is 86.8 Å². The average molecular weight is 1190 g/mol. The van der Waals surface area contributed by atoms with Gasteiger partial charge in [-0.05, 0) is 83.5 Å².